The maximum absolute atomic E-state index is 11.9. The Morgan fingerprint density at radius 2 is 2.37 bits per heavy atom. The highest BCUT2D eigenvalue weighted by Gasteiger charge is 2.14. The zero-order valence-electron chi connectivity index (χ0n) is 10.2. The number of hydrogen-bond donors (Lipinski definition) is 2. The van der Waals surface area contributed by atoms with Crippen molar-refractivity contribution in [3.8, 4) is 9.88 Å². The fraction of sp³-hybridized carbons (Fsp3) is 0.333. The van der Waals surface area contributed by atoms with E-state index in [1.165, 1.54) is 22.7 Å². The second-order valence-electron chi connectivity index (χ2n) is 4.03. The number of rotatable bonds is 5. The molecule has 102 valence electrons. The molecule has 0 aromatic carbocycles. The molecule has 19 heavy (non-hydrogen) atoms. The van der Waals surface area contributed by atoms with Crippen molar-refractivity contribution in [2.75, 3.05) is 6.61 Å². The average molecular weight is 317 g/mol. The van der Waals surface area contributed by atoms with E-state index in [-0.39, 0.29) is 18.6 Å². The number of nitrogens with one attached hydrogen (secondary N) is 1. The lowest BCUT2D eigenvalue weighted by Gasteiger charge is -2.10. The first kappa shape index (κ1) is 14.5. The lowest BCUT2D eigenvalue weighted by molar-refractivity contribution is 0.0930. The zero-order valence-corrected chi connectivity index (χ0v) is 12.6. The lowest BCUT2D eigenvalue weighted by Crippen LogP contribution is -2.33. The number of aliphatic hydroxyl groups excluding tert-OH is 1. The number of nitrogens with zero attached hydrogens (tertiary/aromatic N) is 1. The number of carbonyl (C=O) groups excluding carboxylic acids is 1. The molecule has 1 unspecified atom stereocenters. The van der Waals surface area contributed by atoms with Gasteiger partial charge in [-0.15, -0.1) is 22.7 Å². The molecule has 2 N–H and O–H groups in total. The highest BCUT2D eigenvalue weighted by Crippen LogP contribution is 2.32. The van der Waals surface area contributed by atoms with Crippen molar-refractivity contribution < 1.29 is 9.90 Å². The van der Waals surface area contributed by atoms with Gasteiger partial charge in [-0.3, -0.25) is 4.79 Å². The topological polar surface area (TPSA) is 62.2 Å². The Balaban J connectivity index is 2.06. The fourth-order valence-electron chi connectivity index (χ4n) is 1.48. The Labute approximate surface area is 124 Å². The maximum Gasteiger partial charge on any atom is 0.270 e. The number of thiophene rings is 1. The summed E-state index contributed by atoms with van der Waals surface area (Å²) >= 11 is 8.73. The van der Waals surface area contributed by atoms with Crippen molar-refractivity contribution in [1.29, 1.82) is 0 Å². The predicted molar refractivity (Wildman–Crippen MR) is 79.1 cm³/mol. The van der Waals surface area contributed by atoms with Crippen LogP contribution in [0.4, 0.5) is 0 Å². The Kier molecular flexibility index (Phi) is 4.93. The van der Waals surface area contributed by atoms with Crippen molar-refractivity contribution in [3.63, 3.8) is 0 Å². The van der Waals surface area contributed by atoms with E-state index >= 15 is 0 Å². The number of hydrogen-bond acceptors (Lipinski definition) is 5. The van der Waals surface area contributed by atoms with Crippen LogP contribution in [0.25, 0.3) is 9.88 Å². The Morgan fingerprint density at radius 1 is 1.58 bits per heavy atom. The smallest absolute Gasteiger partial charge is 0.270 e. The molecule has 0 saturated heterocycles. The van der Waals surface area contributed by atoms with Crippen LogP contribution in [0.15, 0.2) is 17.5 Å². The molecule has 2 heterocycles. The molecule has 1 atom stereocenters. The van der Waals surface area contributed by atoms with Gasteiger partial charge >= 0.3 is 0 Å². The fourth-order valence-corrected chi connectivity index (χ4v) is 3.40. The molecule has 0 saturated carbocycles. The summed E-state index contributed by atoms with van der Waals surface area (Å²) in [6, 6.07) is 3.63. The number of thiazole rings is 1. The third-order valence-electron chi connectivity index (χ3n) is 2.46. The second kappa shape index (κ2) is 6.47. The van der Waals surface area contributed by atoms with E-state index in [0.29, 0.717) is 16.5 Å². The van der Waals surface area contributed by atoms with Crippen molar-refractivity contribution >= 4 is 40.2 Å². The highest BCUT2D eigenvalue weighted by atomic mass is 35.5. The molecule has 0 aliphatic heterocycles. The summed E-state index contributed by atoms with van der Waals surface area (Å²) in [5.41, 5.74) is 0.398. The van der Waals surface area contributed by atoms with E-state index in [1.807, 2.05) is 19.1 Å². The van der Waals surface area contributed by atoms with Gasteiger partial charge in [0.25, 0.3) is 5.91 Å². The first-order valence-electron chi connectivity index (χ1n) is 5.73. The molecule has 2 aromatic heterocycles. The number of halogens is 1. The molecule has 0 bridgehead atoms. The first-order valence-corrected chi connectivity index (χ1v) is 7.80. The van der Waals surface area contributed by atoms with Gasteiger partial charge in [0.05, 0.1) is 9.21 Å². The summed E-state index contributed by atoms with van der Waals surface area (Å²) in [4.78, 5) is 17.2. The lowest BCUT2D eigenvalue weighted by atomic mass is 10.2. The third-order valence-corrected chi connectivity index (χ3v) is 4.70. The van der Waals surface area contributed by atoms with Crippen LogP contribution in [0.1, 0.15) is 23.8 Å². The Morgan fingerprint density at radius 3 is 3.00 bits per heavy atom. The monoisotopic (exact) mass is 316 g/mol. The number of amides is 1. The van der Waals surface area contributed by atoms with Gasteiger partial charge in [-0.25, -0.2) is 4.98 Å². The summed E-state index contributed by atoms with van der Waals surface area (Å²) in [6.45, 7) is 1.90. The van der Waals surface area contributed by atoms with Gasteiger partial charge in [0.1, 0.15) is 10.7 Å². The van der Waals surface area contributed by atoms with Crippen LogP contribution in [-0.2, 0) is 0 Å². The molecule has 0 fully saturated rings. The number of aliphatic hydroxyl groups is 1. The molecule has 1 amide bonds. The van der Waals surface area contributed by atoms with Crippen molar-refractivity contribution in [1.82, 2.24) is 10.3 Å². The predicted octanol–water partition coefficient (Wildman–Crippen LogP) is 3.03. The SMILES string of the molecule is CC(CCO)NC(=O)c1csc(-c2ccc(Cl)s2)n1. The van der Waals surface area contributed by atoms with Crippen LogP contribution in [0.5, 0.6) is 0 Å². The molecule has 2 rings (SSSR count). The maximum atomic E-state index is 11.9. The number of aromatic nitrogens is 1. The van der Waals surface area contributed by atoms with Crippen molar-refractivity contribution in [3.05, 3.63) is 27.5 Å². The van der Waals surface area contributed by atoms with Crippen LogP contribution in [-0.4, -0.2) is 28.6 Å². The second-order valence-corrected chi connectivity index (χ2v) is 6.60. The molecule has 4 nitrogen and oxygen atoms in total. The van der Waals surface area contributed by atoms with Gasteiger partial charge in [0, 0.05) is 18.0 Å². The Hall–Kier alpha value is -0.950. The van der Waals surface area contributed by atoms with Gasteiger partial charge in [-0.1, -0.05) is 11.6 Å². The zero-order chi connectivity index (χ0) is 13.8. The standard InChI is InChI=1S/C12H13ClN2O2S2/c1-7(4-5-16)14-11(17)8-6-18-12(15-8)9-2-3-10(13)19-9/h2-3,6-7,16H,4-5H2,1H3,(H,14,17). The van der Waals surface area contributed by atoms with Crippen molar-refractivity contribution in [2.24, 2.45) is 0 Å². The van der Waals surface area contributed by atoms with Crippen LogP contribution in [0.3, 0.4) is 0 Å². The summed E-state index contributed by atoms with van der Waals surface area (Å²) in [5.74, 6) is -0.217. The average Bonchev–Trinajstić information content (AvgIpc) is 2.97. The molecule has 0 radical (unpaired) electrons. The number of carbonyl (C=O) groups is 1. The van der Waals surface area contributed by atoms with Crippen LogP contribution < -0.4 is 5.32 Å². The highest BCUT2D eigenvalue weighted by molar-refractivity contribution is 7.23. The molecular weight excluding hydrogens is 304 g/mol. The molecular formula is C12H13ClN2O2S2. The van der Waals surface area contributed by atoms with Crippen LogP contribution in [0, 0.1) is 0 Å². The van der Waals surface area contributed by atoms with E-state index in [0.717, 1.165) is 9.88 Å². The quantitative estimate of drug-likeness (QED) is 0.891. The summed E-state index contributed by atoms with van der Waals surface area (Å²) in [7, 11) is 0. The van der Waals surface area contributed by atoms with E-state index < -0.39 is 0 Å². The normalized spacial score (nSPS) is 12.4. The van der Waals surface area contributed by atoms with E-state index in [9.17, 15) is 4.79 Å². The molecule has 2 aromatic rings. The third kappa shape index (κ3) is 3.76. The summed E-state index contributed by atoms with van der Waals surface area (Å²) in [6.07, 6.45) is 0.531. The van der Waals surface area contributed by atoms with Gasteiger partial charge in [-0.2, -0.15) is 0 Å². The van der Waals surface area contributed by atoms with Crippen LogP contribution in [0.2, 0.25) is 4.34 Å². The van der Waals surface area contributed by atoms with Gasteiger partial charge in [0.15, 0.2) is 0 Å². The van der Waals surface area contributed by atoms with E-state index in [4.69, 9.17) is 16.7 Å². The van der Waals surface area contributed by atoms with Crippen LogP contribution >= 0.6 is 34.3 Å². The van der Waals surface area contributed by atoms with Crippen molar-refractivity contribution in [2.45, 2.75) is 19.4 Å². The van der Waals surface area contributed by atoms with E-state index in [2.05, 4.69) is 10.3 Å². The summed E-state index contributed by atoms with van der Waals surface area (Å²) < 4.78 is 0.702. The minimum atomic E-state index is -0.217. The Bertz CT molecular complexity index is 568. The molecule has 7 heteroatoms. The minimum Gasteiger partial charge on any atom is -0.396 e. The minimum absolute atomic E-state index is 0.0530. The largest absolute Gasteiger partial charge is 0.396 e. The van der Waals surface area contributed by atoms with Gasteiger partial charge in [-0.05, 0) is 25.5 Å². The van der Waals surface area contributed by atoms with Gasteiger partial charge < -0.3 is 10.4 Å². The van der Waals surface area contributed by atoms with E-state index in [1.54, 1.807) is 5.38 Å². The van der Waals surface area contributed by atoms with Gasteiger partial charge in [0.2, 0.25) is 0 Å². The molecule has 0 spiro atoms. The molecule has 0 aliphatic rings. The summed E-state index contributed by atoms with van der Waals surface area (Å²) in [5, 5.41) is 14.1. The molecule has 0 aliphatic carbocycles. The first-order chi connectivity index (χ1) is 9.10.